The lowest BCUT2D eigenvalue weighted by Gasteiger charge is -2.16. The molecule has 0 aliphatic carbocycles. The Labute approximate surface area is 144 Å². The van der Waals surface area contributed by atoms with E-state index in [-0.39, 0.29) is 11.7 Å². The number of Topliss-reactive ketones (excluding diaryl/α,β-unsaturated/α-hetero) is 1. The van der Waals surface area contributed by atoms with Crippen LogP contribution in [0.2, 0.25) is 0 Å². The van der Waals surface area contributed by atoms with Crippen molar-refractivity contribution < 1.29 is 14.3 Å². The Morgan fingerprint density at radius 2 is 1.91 bits per heavy atom. The summed E-state index contributed by atoms with van der Waals surface area (Å²) in [6, 6.07) is 12.5. The molecule has 0 bridgehead atoms. The molecule has 0 radical (unpaired) electrons. The van der Waals surface area contributed by atoms with Gasteiger partial charge in [0, 0.05) is 10.0 Å². The normalized spacial score (nSPS) is 11.7. The fraction of sp³-hybridized carbons (Fsp3) is 0.222. The SMILES string of the molecule is CC(=O)c1cccc(O[C@@H](C)C(=O)Nc2ccc(C)cc2Br)c1. The first-order valence-corrected chi connectivity index (χ1v) is 8.01. The van der Waals surface area contributed by atoms with Crippen LogP contribution in [0.5, 0.6) is 5.75 Å². The lowest BCUT2D eigenvalue weighted by molar-refractivity contribution is -0.122. The van der Waals surface area contributed by atoms with Gasteiger partial charge in [0.1, 0.15) is 5.75 Å². The molecule has 2 rings (SSSR count). The van der Waals surface area contributed by atoms with E-state index in [4.69, 9.17) is 4.74 Å². The average molecular weight is 376 g/mol. The van der Waals surface area contributed by atoms with Gasteiger partial charge in [-0.15, -0.1) is 0 Å². The zero-order valence-corrected chi connectivity index (χ0v) is 14.8. The van der Waals surface area contributed by atoms with Crippen LogP contribution in [-0.2, 0) is 4.79 Å². The minimum Gasteiger partial charge on any atom is -0.481 e. The Morgan fingerprint density at radius 1 is 1.17 bits per heavy atom. The van der Waals surface area contributed by atoms with Crippen LogP contribution in [0.1, 0.15) is 29.8 Å². The molecule has 0 spiro atoms. The Bertz CT molecular complexity index is 743. The third-order valence-electron chi connectivity index (χ3n) is 3.31. The quantitative estimate of drug-likeness (QED) is 0.789. The highest BCUT2D eigenvalue weighted by Crippen LogP contribution is 2.24. The van der Waals surface area contributed by atoms with Crippen molar-refractivity contribution in [3.63, 3.8) is 0 Å². The smallest absolute Gasteiger partial charge is 0.265 e. The second-order valence-corrected chi connectivity index (χ2v) is 6.17. The van der Waals surface area contributed by atoms with Crippen molar-refractivity contribution in [2.24, 2.45) is 0 Å². The Kier molecular flexibility index (Phi) is 5.55. The maximum absolute atomic E-state index is 12.2. The van der Waals surface area contributed by atoms with Gasteiger partial charge >= 0.3 is 0 Å². The van der Waals surface area contributed by atoms with E-state index < -0.39 is 6.10 Å². The maximum atomic E-state index is 12.2. The molecule has 120 valence electrons. The zero-order chi connectivity index (χ0) is 17.0. The summed E-state index contributed by atoms with van der Waals surface area (Å²) in [5.74, 6) is 0.183. The molecule has 1 amide bonds. The summed E-state index contributed by atoms with van der Waals surface area (Å²) in [5, 5.41) is 2.82. The molecule has 5 heteroatoms. The number of anilines is 1. The Balaban J connectivity index is 2.05. The highest BCUT2D eigenvalue weighted by Gasteiger charge is 2.16. The van der Waals surface area contributed by atoms with E-state index in [9.17, 15) is 9.59 Å². The topological polar surface area (TPSA) is 55.4 Å². The molecule has 0 saturated carbocycles. The monoisotopic (exact) mass is 375 g/mol. The largest absolute Gasteiger partial charge is 0.481 e. The van der Waals surface area contributed by atoms with Crippen LogP contribution < -0.4 is 10.1 Å². The minimum absolute atomic E-state index is 0.0452. The molecule has 0 fully saturated rings. The summed E-state index contributed by atoms with van der Waals surface area (Å²) in [7, 11) is 0. The van der Waals surface area contributed by atoms with Crippen molar-refractivity contribution in [2.75, 3.05) is 5.32 Å². The Hall–Kier alpha value is -2.14. The summed E-state index contributed by atoms with van der Waals surface area (Å²) in [6.07, 6.45) is -0.689. The maximum Gasteiger partial charge on any atom is 0.265 e. The number of ketones is 1. The number of aryl methyl sites for hydroxylation is 1. The van der Waals surface area contributed by atoms with E-state index in [1.807, 2.05) is 25.1 Å². The summed E-state index contributed by atoms with van der Waals surface area (Å²) < 4.78 is 6.44. The molecule has 0 aliphatic rings. The van der Waals surface area contributed by atoms with Gasteiger partial charge < -0.3 is 10.1 Å². The summed E-state index contributed by atoms with van der Waals surface area (Å²) in [4.78, 5) is 23.6. The van der Waals surface area contributed by atoms with Gasteiger partial charge in [0.05, 0.1) is 5.69 Å². The molecule has 1 N–H and O–H groups in total. The van der Waals surface area contributed by atoms with Crippen molar-refractivity contribution in [2.45, 2.75) is 26.9 Å². The minimum atomic E-state index is -0.689. The second-order valence-electron chi connectivity index (χ2n) is 5.32. The third-order valence-corrected chi connectivity index (χ3v) is 3.96. The van der Waals surface area contributed by atoms with Crippen molar-refractivity contribution >= 4 is 33.3 Å². The van der Waals surface area contributed by atoms with E-state index in [0.29, 0.717) is 17.0 Å². The molecular formula is C18H18BrNO3. The van der Waals surface area contributed by atoms with Gasteiger partial charge in [-0.3, -0.25) is 9.59 Å². The number of halogens is 1. The first-order chi connectivity index (χ1) is 10.9. The molecule has 2 aromatic rings. The predicted octanol–water partition coefficient (Wildman–Crippen LogP) is 4.37. The van der Waals surface area contributed by atoms with Crippen LogP contribution in [-0.4, -0.2) is 17.8 Å². The number of carbonyl (C=O) groups excluding carboxylic acids is 2. The number of rotatable bonds is 5. The van der Waals surface area contributed by atoms with E-state index >= 15 is 0 Å². The second kappa shape index (κ2) is 7.42. The van der Waals surface area contributed by atoms with Gasteiger partial charge in [0.2, 0.25) is 0 Å². The lowest BCUT2D eigenvalue weighted by atomic mass is 10.1. The summed E-state index contributed by atoms with van der Waals surface area (Å²) in [6.45, 7) is 5.13. The van der Waals surface area contributed by atoms with Gasteiger partial charge in [-0.25, -0.2) is 0 Å². The molecule has 0 unspecified atom stereocenters. The zero-order valence-electron chi connectivity index (χ0n) is 13.2. The van der Waals surface area contributed by atoms with Gasteiger partial charge in [0.25, 0.3) is 5.91 Å². The predicted molar refractivity (Wildman–Crippen MR) is 94.0 cm³/mol. The molecule has 0 saturated heterocycles. The molecule has 23 heavy (non-hydrogen) atoms. The van der Waals surface area contributed by atoms with E-state index in [2.05, 4.69) is 21.2 Å². The number of carbonyl (C=O) groups is 2. The number of benzene rings is 2. The van der Waals surface area contributed by atoms with Crippen LogP contribution in [0.25, 0.3) is 0 Å². The van der Waals surface area contributed by atoms with E-state index in [1.165, 1.54) is 6.92 Å². The standard InChI is InChI=1S/C18H18BrNO3/c1-11-7-8-17(16(19)9-11)20-18(22)13(3)23-15-6-4-5-14(10-15)12(2)21/h4-10,13H,1-3H3,(H,20,22)/t13-/m0/s1. The molecule has 0 aromatic heterocycles. The van der Waals surface area contributed by atoms with Crippen LogP contribution in [0.4, 0.5) is 5.69 Å². The summed E-state index contributed by atoms with van der Waals surface area (Å²) in [5.41, 5.74) is 2.34. The molecule has 1 atom stereocenters. The van der Waals surface area contributed by atoms with Crippen LogP contribution in [0, 0.1) is 6.92 Å². The third kappa shape index (κ3) is 4.66. The van der Waals surface area contributed by atoms with Crippen LogP contribution in [0.15, 0.2) is 46.9 Å². The van der Waals surface area contributed by atoms with Crippen molar-refractivity contribution in [1.82, 2.24) is 0 Å². The number of hydrogen-bond acceptors (Lipinski definition) is 3. The van der Waals surface area contributed by atoms with Crippen LogP contribution in [0.3, 0.4) is 0 Å². The number of hydrogen-bond donors (Lipinski definition) is 1. The van der Waals surface area contributed by atoms with Crippen LogP contribution >= 0.6 is 15.9 Å². The number of ether oxygens (including phenoxy) is 1. The first-order valence-electron chi connectivity index (χ1n) is 7.21. The van der Waals surface area contributed by atoms with Gasteiger partial charge in [-0.05, 0) is 66.5 Å². The number of nitrogens with one attached hydrogen (secondary N) is 1. The van der Waals surface area contributed by atoms with E-state index in [1.54, 1.807) is 31.2 Å². The summed E-state index contributed by atoms with van der Waals surface area (Å²) >= 11 is 3.42. The van der Waals surface area contributed by atoms with Crippen molar-refractivity contribution in [3.8, 4) is 5.75 Å². The van der Waals surface area contributed by atoms with Gasteiger partial charge in [-0.2, -0.15) is 0 Å². The number of amides is 1. The van der Waals surface area contributed by atoms with Gasteiger partial charge in [0.15, 0.2) is 11.9 Å². The molecule has 0 aliphatic heterocycles. The highest BCUT2D eigenvalue weighted by molar-refractivity contribution is 9.10. The fourth-order valence-corrected chi connectivity index (χ4v) is 2.59. The molecule has 2 aromatic carbocycles. The highest BCUT2D eigenvalue weighted by atomic mass is 79.9. The van der Waals surface area contributed by atoms with Crippen molar-refractivity contribution in [1.29, 1.82) is 0 Å². The van der Waals surface area contributed by atoms with Crippen molar-refractivity contribution in [3.05, 3.63) is 58.1 Å². The lowest BCUT2D eigenvalue weighted by Crippen LogP contribution is -2.30. The molecular weight excluding hydrogens is 358 g/mol. The first kappa shape index (κ1) is 17.2. The van der Waals surface area contributed by atoms with Gasteiger partial charge in [-0.1, -0.05) is 18.2 Å². The Morgan fingerprint density at radius 3 is 2.57 bits per heavy atom. The fourth-order valence-electron chi connectivity index (χ4n) is 2.00. The van der Waals surface area contributed by atoms with E-state index in [0.717, 1.165) is 10.0 Å². The average Bonchev–Trinajstić information content (AvgIpc) is 2.50. The molecule has 4 nitrogen and oxygen atoms in total. The molecule has 0 heterocycles.